The second-order valence-corrected chi connectivity index (χ2v) is 6.38. The first kappa shape index (κ1) is 21.2. The normalized spacial score (nSPS) is 17.0. The van der Waals surface area contributed by atoms with Gasteiger partial charge in [-0.1, -0.05) is 0 Å². The summed E-state index contributed by atoms with van der Waals surface area (Å²) in [7, 11) is 0. The van der Waals surface area contributed by atoms with Crippen molar-refractivity contribution in [1.82, 2.24) is 4.90 Å². The van der Waals surface area contributed by atoms with Gasteiger partial charge in [-0.3, -0.25) is 9.69 Å². The number of nitrogens with two attached hydrogens (primary N) is 1. The predicted molar refractivity (Wildman–Crippen MR) is 87.5 cm³/mol. The van der Waals surface area contributed by atoms with E-state index < -0.39 is 35.5 Å². The number of carbonyl (C=O) groups is 1. The average molecular weight is 396 g/mol. The first-order valence-corrected chi connectivity index (χ1v) is 8.37. The molecule has 2 rings (SSSR count). The van der Waals surface area contributed by atoms with E-state index in [2.05, 4.69) is 0 Å². The van der Waals surface area contributed by atoms with Crippen molar-refractivity contribution in [3.63, 3.8) is 0 Å². The number of benzene rings is 1. The lowest BCUT2D eigenvalue weighted by Crippen LogP contribution is -2.37. The fraction of sp³-hybridized carbons (Fsp3) is 0.588. The Labute approximate surface area is 153 Å². The van der Waals surface area contributed by atoms with Crippen LogP contribution in [-0.4, -0.2) is 49.4 Å². The van der Waals surface area contributed by atoms with Gasteiger partial charge >= 0.3 is 18.1 Å². The molecule has 0 aromatic heterocycles. The first-order valence-electron chi connectivity index (χ1n) is 8.37. The van der Waals surface area contributed by atoms with Crippen LogP contribution in [0.1, 0.15) is 25.3 Å². The minimum absolute atomic E-state index is 0.0321. The zero-order valence-corrected chi connectivity index (χ0v) is 14.7. The van der Waals surface area contributed by atoms with E-state index >= 15 is 0 Å². The molecule has 0 aliphatic carbocycles. The highest BCUT2D eigenvalue weighted by Crippen LogP contribution is 2.47. The molecule has 1 fully saturated rings. The second kappa shape index (κ2) is 8.28. The van der Waals surface area contributed by atoms with E-state index in [1.165, 1.54) is 6.92 Å². The van der Waals surface area contributed by atoms with Gasteiger partial charge in [0.05, 0.1) is 5.56 Å². The van der Waals surface area contributed by atoms with Crippen LogP contribution in [0.25, 0.3) is 0 Å². The number of anilines is 1. The molecular formula is C17H21F5N2O3. The zero-order chi connectivity index (χ0) is 20.2. The van der Waals surface area contributed by atoms with Gasteiger partial charge in [-0.15, -0.1) is 0 Å². The fourth-order valence-corrected chi connectivity index (χ4v) is 2.87. The Balaban J connectivity index is 2.18. The molecular weight excluding hydrogens is 375 g/mol. The van der Waals surface area contributed by atoms with Crippen molar-refractivity contribution < 1.29 is 36.2 Å². The van der Waals surface area contributed by atoms with Crippen LogP contribution >= 0.6 is 0 Å². The topological polar surface area (TPSA) is 64.8 Å². The standard InChI is InChI=1S/C17H21F5N2O3/c1-11(25)27-13(9-24-6-2-3-7-24)10-26-15-8-12(23)4-5-14(15)16(18,19)17(20,21)22/h4-5,8,13H,2-3,6-7,9-10,23H2,1H3. The van der Waals surface area contributed by atoms with E-state index in [0.717, 1.165) is 38.1 Å². The molecule has 1 aromatic carbocycles. The molecule has 2 N–H and O–H groups in total. The Morgan fingerprint density at radius 2 is 1.85 bits per heavy atom. The van der Waals surface area contributed by atoms with Gasteiger partial charge in [0.2, 0.25) is 0 Å². The van der Waals surface area contributed by atoms with Gasteiger partial charge in [0.1, 0.15) is 18.5 Å². The molecule has 5 nitrogen and oxygen atoms in total. The number of nitrogen functional groups attached to an aromatic ring is 1. The number of nitrogens with zero attached hydrogens (tertiary/aromatic N) is 1. The molecule has 27 heavy (non-hydrogen) atoms. The fourth-order valence-electron chi connectivity index (χ4n) is 2.87. The molecule has 0 spiro atoms. The summed E-state index contributed by atoms with van der Waals surface area (Å²) >= 11 is 0. The number of halogens is 5. The number of carbonyl (C=O) groups excluding carboxylic acids is 1. The number of hydrogen-bond donors (Lipinski definition) is 1. The molecule has 10 heteroatoms. The van der Waals surface area contributed by atoms with Gasteiger partial charge in [-0.05, 0) is 38.1 Å². The number of rotatable bonds is 7. The lowest BCUT2D eigenvalue weighted by atomic mass is 10.1. The maximum Gasteiger partial charge on any atom is 0.458 e. The van der Waals surface area contributed by atoms with E-state index in [-0.39, 0.29) is 12.3 Å². The third-order valence-corrected chi connectivity index (χ3v) is 4.12. The van der Waals surface area contributed by atoms with Gasteiger partial charge in [0.25, 0.3) is 0 Å². The number of hydrogen-bond acceptors (Lipinski definition) is 5. The third-order valence-electron chi connectivity index (χ3n) is 4.12. The lowest BCUT2D eigenvalue weighted by Gasteiger charge is -2.26. The second-order valence-electron chi connectivity index (χ2n) is 6.38. The molecule has 1 heterocycles. The van der Waals surface area contributed by atoms with Crippen LogP contribution in [0.15, 0.2) is 18.2 Å². The summed E-state index contributed by atoms with van der Waals surface area (Å²) in [5.74, 6) is -6.41. The maximum absolute atomic E-state index is 13.8. The Bertz CT molecular complexity index is 660. The summed E-state index contributed by atoms with van der Waals surface area (Å²) in [6.45, 7) is 2.68. The van der Waals surface area contributed by atoms with Crippen molar-refractivity contribution in [2.24, 2.45) is 0 Å². The van der Waals surface area contributed by atoms with Crippen LogP contribution in [0.4, 0.5) is 27.6 Å². The van der Waals surface area contributed by atoms with Crippen molar-refractivity contribution >= 4 is 11.7 Å². The van der Waals surface area contributed by atoms with Gasteiger partial charge in [-0.2, -0.15) is 22.0 Å². The van der Waals surface area contributed by atoms with Crippen molar-refractivity contribution in [3.8, 4) is 5.75 Å². The summed E-state index contributed by atoms with van der Waals surface area (Å²) < 4.78 is 76.1. The van der Waals surface area contributed by atoms with E-state index in [1.807, 2.05) is 4.90 Å². The summed E-state index contributed by atoms with van der Waals surface area (Å²) in [5.41, 5.74) is 4.13. The summed E-state index contributed by atoms with van der Waals surface area (Å²) in [5, 5.41) is 0. The molecule has 1 unspecified atom stereocenters. The van der Waals surface area contributed by atoms with Gasteiger partial charge in [0.15, 0.2) is 0 Å². The van der Waals surface area contributed by atoms with Crippen LogP contribution in [0.5, 0.6) is 5.75 Å². The SMILES string of the molecule is CC(=O)OC(COc1cc(N)ccc1C(F)(F)C(F)(F)F)CN1CCCC1. The van der Waals surface area contributed by atoms with E-state index in [9.17, 15) is 26.7 Å². The predicted octanol–water partition coefficient (Wildman–Crippen LogP) is 3.33. The highest BCUT2D eigenvalue weighted by molar-refractivity contribution is 5.66. The van der Waals surface area contributed by atoms with Crippen LogP contribution in [-0.2, 0) is 15.5 Å². The van der Waals surface area contributed by atoms with Crippen LogP contribution in [0, 0.1) is 0 Å². The minimum Gasteiger partial charge on any atom is -0.489 e. The quantitative estimate of drug-likeness (QED) is 0.435. The highest BCUT2D eigenvalue weighted by atomic mass is 19.4. The molecule has 0 radical (unpaired) electrons. The first-order chi connectivity index (χ1) is 12.5. The summed E-state index contributed by atoms with van der Waals surface area (Å²) in [6.07, 6.45) is -4.64. The van der Waals surface area contributed by atoms with Crippen molar-refractivity contribution in [3.05, 3.63) is 23.8 Å². The number of ether oxygens (including phenoxy) is 2. The molecule has 0 bridgehead atoms. The number of esters is 1. The molecule has 1 aliphatic rings. The highest BCUT2D eigenvalue weighted by Gasteiger charge is 2.60. The lowest BCUT2D eigenvalue weighted by molar-refractivity contribution is -0.289. The molecule has 0 saturated carbocycles. The smallest absolute Gasteiger partial charge is 0.458 e. The molecule has 0 amide bonds. The average Bonchev–Trinajstić information content (AvgIpc) is 3.03. The Kier molecular flexibility index (Phi) is 6.50. The van der Waals surface area contributed by atoms with Crippen molar-refractivity contribution in [2.75, 3.05) is 32.0 Å². The maximum atomic E-state index is 13.8. The molecule has 1 atom stereocenters. The van der Waals surface area contributed by atoms with Crippen LogP contribution in [0.2, 0.25) is 0 Å². The molecule has 1 saturated heterocycles. The zero-order valence-electron chi connectivity index (χ0n) is 14.7. The Morgan fingerprint density at radius 3 is 2.41 bits per heavy atom. The van der Waals surface area contributed by atoms with Crippen LogP contribution < -0.4 is 10.5 Å². The van der Waals surface area contributed by atoms with Gasteiger partial charge in [0, 0.05) is 25.2 Å². The third kappa shape index (κ3) is 5.44. The number of likely N-dealkylation sites (tertiary alicyclic amines) is 1. The monoisotopic (exact) mass is 396 g/mol. The van der Waals surface area contributed by atoms with Crippen LogP contribution in [0.3, 0.4) is 0 Å². The Morgan fingerprint density at radius 1 is 1.22 bits per heavy atom. The molecule has 1 aliphatic heterocycles. The van der Waals surface area contributed by atoms with Gasteiger partial charge < -0.3 is 15.2 Å². The van der Waals surface area contributed by atoms with Gasteiger partial charge in [-0.25, -0.2) is 0 Å². The minimum atomic E-state index is -5.79. The molecule has 152 valence electrons. The van der Waals surface area contributed by atoms with E-state index in [4.69, 9.17) is 15.2 Å². The van der Waals surface area contributed by atoms with E-state index in [0.29, 0.717) is 12.6 Å². The largest absolute Gasteiger partial charge is 0.489 e. The molecule has 1 aromatic rings. The Hall–Kier alpha value is -2.10. The number of alkyl halides is 5. The summed E-state index contributed by atoms with van der Waals surface area (Å²) in [6, 6.07) is 2.42. The van der Waals surface area contributed by atoms with Crippen molar-refractivity contribution in [2.45, 2.75) is 38.0 Å². The van der Waals surface area contributed by atoms with Crippen molar-refractivity contribution in [1.29, 1.82) is 0 Å². The van der Waals surface area contributed by atoms with E-state index in [1.54, 1.807) is 0 Å². The summed E-state index contributed by atoms with van der Waals surface area (Å²) in [4.78, 5) is 13.3.